The largest absolute Gasteiger partial charge is 0.301 e. The molecule has 0 aliphatic carbocycles. The number of halogens is 1. The molecule has 0 fully saturated rings. The fraction of sp³-hybridized carbons (Fsp3) is 0.0870. The van der Waals surface area contributed by atoms with E-state index in [-0.39, 0.29) is 11.7 Å². The average molecular weight is 403 g/mol. The number of hydrogen-bond acceptors (Lipinski definition) is 4. The Labute approximate surface area is 172 Å². The topological polar surface area (TPSA) is 54.9 Å². The molecule has 29 heavy (non-hydrogen) atoms. The highest BCUT2D eigenvalue weighted by atomic mass is 32.1. The second-order valence-electron chi connectivity index (χ2n) is 6.67. The predicted octanol–water partition coefficient (Wildman–Crippen LogP) is 5.42. The summed E-state index contributed by atoms with van der Waals surface area (Å²) in [6.45, 7) is 1.98. The van der Waals surface area contributed by atoms with Crippen LogP contribution in [0.2, 0.25) is 0 Å². The molecule has 1 amide bonds. The third kappa shape index (κ3) is 4.38. The minimum atomic E-state index is -0.565. The highest BCUT2D eigenvalue weighted by molar-refractivity contribution is 7.19. The number of rotatable bonds is 5. The Morgan fingerprint density at radius 3 is 2.45 bits per heavy atom. The second kappa shape index (κ2) is 8.32. The van der Waals surface area contributed by atoms with Crippen molar-refractivity contribution in [3.8, 4) is 10.4 Å². The SMILES string of the molecule is Cc1cncc(-c2cnc(NC(=O)C(c3ccccc3)c3ccc(F)cc3)s2)c1. The van der Waals surface area contributed by atoms with E-state index in [2.05, 4.69) is 15.3 Å². The van der Waals surface area contributed by atoms with Crippen LogP contribution < -0.4 is 5.32 Å². The van der Waals surface area contributed by atoms with Gasteiger partial charge in [0.2, 0.25) is 5.91 Å². The van der Waals surface area contributed by atoms with Gasteiger partial charge in [0.05, 0.1) is 10.8 Å². The lowest BCUT2D eigenvalue weighted by atomic mass is 9.90. The van der Waals surface area contributed by atoms with Crippen molar-refractivity contribution >= 4 is 22.4 Å². The van der Waals surface area contributed by atoms with Crippen molar-refractivity contribution in [2.24, 2.45) is 0 Å². The number of thiazole rings is 1. The Morgan fingerprint density at radius 1 is 1.00 bits per heavy atom. The minimum absolute atomic E-state index is 0.217. The summed E-state index contributed by atoms with van der Waals surface area (Å²) in [4.78, 5) is 22.6. The van der Waals surface area contributed by atoms with E-state index in [0.29, 0.717) is 5.13 Å². The number of aryl methyl sites for hydroxylation is 1. The number of hydrogen-bond donors (Lipinski definition) is 1. The smallest absolute Gasteiger partial charge is 0.238 e. The monoisotopic (exact) mass is 403 g/mol. The Kier molecular flexibility index (Phi) is 5.44. The maximum atomic E-state index is 13.4. The second-order valence-corrected chi connectivity index (χ2v) is 7.70. The van der Waals surface area contributed by atoms with E-state index in [1.165, 1.54) is 23.5 Å². The molecule has 2 aromatic heterocycles. The van der Waals surface area contributed by atoms with E-state index < -0.39 is 5.92 Å². The number of amides is 1. The Morgan fingerprint density at radius 2 is 1.72 bits per heavy atom. The molecule has 0 bridgehead atoms. The Balaban J connectivity index is 1.61. The van der Waals surface area contributed by atoms with E-state index in [1.54, 1.807) is 30.7 Å². The van der Waals surface area contributed by atoms with E-state index in [1.807, 2.05) is 43.3 Å². The molecule has 0 radical (unpaired) electrons. The molecule has 2 heterocycles. The molecule has 1 unspecified atom stereocenters. The normalized spacial score (nSPS) is 11.8. The molecule has 6 heteroatoms. The highest BCUT2D eigenvalue weighted by Gasteiger charge is 2.24. The van der Waals surface area contributed by atoms with Gasteiger partial charge >= 0.3 is 0 Å². The van der Waals surface area contributed by atoms with Crippen LogP contribution in [0.3, 0.4) is 0 Å². The predicted molar refractivity (Wildman–Crippen MR) is 113 cm³/mol. The number of nitrogens with one attached hydrogen (secondary N) is 1. The van der Waals surface area contributed by atoms with Crippen LogP contribution in [-0.2, 0) is 4.79 Å². The van der Waals surface area contributed by atoms with Crippen LogP contribution in [0.1, 0.15) is 22.6 Å². The van der Waals surface area contributed by atoms with Crippen molar-refractivity contribution in [3.05, 3.63) is 102 Å². The molecule has 1 N–H and O–H groups in total. The first-order valence-corrected chi connectivity index (χ1v) is 9.91. The van der Waals surface area contributed by atoms with Crippen LogP contribution in [0, 0.1) is 12.7 Å². The van der Waals surface area contributed by atoms with Gasteiger partial charge in [0, 0.05) is 24.2 Å². The minimum Gasteiger partial charge on any atom is -0.301 e. The van der Waals surface area contributed by atoms with Gasteiger partial charge in [-0.15, -0.1) is 0 Å². The first-order chi connectivity index (χ1) is 14.1. The van der Waals surface area contributed by atoms with Crippen molar-refractivity contribution in [2.45, 2.75) is 12.8 Å². The fourth-order valence-corrected chi connectivity index (χ4v) is 3.93. The quantitative estimate of drug-likeness (QED) is 0.484. The van der Waals surface area contributed by atoms with Crippen LogP contribution in [0.15, 0.2) is 79.3 Å². The zero-order chi connectivity index (χ0) is 20.2. The van der Waals surface area contributed by atoms with Crippen molar-refractivity contribution in [3.63, 3.8) is 0 Å². The van der Waals surface area contributed by atoms with Gasteiger partial charge in [0.15, 0.2) is 5.13 Å². The molecule has 4 aromatic rings. The summed E-state index contributed by atoms with van der Waals surface area (Å²) < 4.78 is 13.4. The summed E-state index contributed by atoms with van der Waals surface area (Å²) in [6, 6.07) is 17.5. The molecule has 4 nitrogen and oxygen atoms in total. The summed E-state index contributed by atoms with van der Waals surface area (Å²) >= 11 is 1.39. The van der Waals surface area contributed by atoms with Crippen molar-refractivity contribution in [1.82, 2.24) is 9.97 Å². The van der Waals surface area contributed by atoms with Gasteiger partial charge in [-0.3, -0.25) is 9.78 Å². The molecule has 4 rings (SSSR count). The number of carbonyl (C=O) groups excluding carboxylic acids is 1. The molecule has 0 aliphatic rings. The summed E-state index contributed by atoms with van der Waals surface area (Å²) in [5.74, 6) is -1.12. The first kappa shape index (κ1) is 19.0. The highest BCUT2D eigenvalue weighted by Crippen LogP contribution is 2.31. The maximum Gasteiger partial charge on any atom is 0.238 e. The van der Waals surface area contributed by atoms with E-state index in [4.69, 9.17) is 0 Å². The van der Waals surface area contributed by atoms with Gasteiger partial charge in [0.25, 0.3) is 0 Å². The number of benzene rings is 2. The van der Waals surface area contributed by atoms with Crippen LogP contribution in [-0.4, -0.2) is 15.9 Å². The molecule has 0 aliphatic heterocycles. The van der Waals surface area contributed by atoms with Crippen LogP contribution in [0.4, 0.5) is 9.52 Å². The summed E-state index contributed by atoms with van der Waals surface area (Å²) in [7, 11) is 0. The summed E-state index contributed by atoms with van der Waals surface area (Å²) in [5.41, 5.74) is 3.56. The molecular formula is C23H18FN3OS. The van der Waals surface area contributed by atoms with E-state index >= 15 is 0 Å². The average Bonchev–Trinajstić information content (AvgIpc) is 3.19. The molecular weight excluding hydrogens is 385 g/mol. The molecule has 1 atom stereocenters. The Hall–Kier alpha value is -3.38. The number of anilines is 1. The Bertz CT molecular complexity index is 1130. The molecule has 0 saturated heterocycles. The maximum absolute atomic E-state index is 13.4. The molecule has 0 spiro atoms. The number of carbonyl (C=O) groups is 1. The summed E-state index contributed by atoms with van der Waals surface area (Å²) in [5, 5.41) is 3.42. The van der Waals surface area contributed by atoms with Crippen molar-refractivity contribution < 1.29 is 9.18 Å². The van der Waals surface area contributed by atoms with Crippen LogP contribution in [0.25, 0.3) is 10.4 Å². The molecule has 2 aromatic carbocycles. The van der Waals surface area contributed by atoms with Gasteiger partial charge < -0.3 is 5.32 Å². The van der Waals surface area contributed by atoms with Crippen molar-refractivity contribution in [1.29, 1.82) is 0 Å². The van der Waals surface area contributed by atoms with Gasteiger partial charge in [-0.2, -0.15) is 0 Å². The van der Waals surface area contributed by atoms with E-state index in [0.717, 1.165) is 27.1 Å². The first-order valence-electron chi connectivity index (χ1n) is 9.09. The van der Waals surface area contributed by atoms with Gasteiger partial charge in [-0.05, 0) is 41.8 Å². The van der Waals surface area contributed by atoms with Gasteiger partial charge in [0.1, 0.15) is 5.82 Å². The summed E-state index contributed by atoms with van der Waals surface area (Å²) in [6.07, 6.45) is 5.30. The molecule has 144 valence electrons. The van der Waals surface area contributed by atoms with Crippen LogP contribution in [0.5, 0.6) is 0 Å². The number of nitrogens with zero attached hydrogens (tertiary/aromatic N) is 2. The zero-order valence-corrected chi connectivity index (χ0v) is 16.5. The van der Waals surface area contributed by atoms with Crippen LogP contribution >= 0.6 is 11.3 Å². The van der Waals surface area contributed by atoms with E-state index in [9.17, 15) is 9.18 Å². The number of aromatic nitrogens is 2. The standard InChI is InChI=1S/C23H18FN3OS/c1-15-11-18(13-25-12-15)20-14-26-23(29-20)27-22(28)21(16-5-3-2-4-6-16)17-7-9-19(24)10-8-17/h2-14,21H,1H3,(H,26,27,28). The van der Waals surface area contributed by atoms with Crippen molar-refractivity contribution in [2.75, 3.05) is 5.32 Å². The lowest BCUT2D eigenvalue weighted by Gasteiger charge is -2.17. The van der Waals surface area contributed by atoms with Gasteiger partial charge in [-0.25, -0.2) is 9.37 Å². The fourth-order valence-electron chi connectivity index (χ4n) is 3.13. The third-order valence-electron chi connectivity index (χ3n) is 4.49. The third-order valence-corrected chi connectivity index (χ3v) is 5.46. The molecule has 0 saturated carbocycles. The number of pyridine rings is 1. The lowest BCUT2D eigenvalue weighted by molar-refractivity contribution is -0.116. The zero-order valence-electron chi connectivity index (χ0n) is 15.7. The lowest BCUT2D eigenvalue weighted by Crippen LogP contribution is -2.22. The van der Waals surface area contributed by atoms with Gasteiger partial charge in [-0.1, -0.05) is 53.8 Å².